The average Bonchev–Trinajstić information content (AvgIpc) is 2.74. The SMILES string of the molecule is Cc1ccc(NC(=O)CN(C)C(=O)[C@@H](C)N[C@H](C)c2cccc3ccccc23)cc1. The molecule has 0 saturated carbocycles. The van der Waals surface area contributed by atoms with E-state index in [-0.39, 0.29) is 24.4 Å². The fourth-order valence-electron chi connectivity index (χ4n) is 3.63. The van der Waals surface area contributed by atoms with E-state index < -0.39 is 6.04 Å². The van der Waals surface area contributed by atoms with Crippen molar-refractivity contribution in [2.75, 3.05) is 18.9 Å². The number of rotatable bonds is 7. The second kappa shape index (κ2) is 9.55. The molecule has 0 aliphatic heterocycles. The molecule has 2 amide bonds. The van der Waals surface area contributed by atoms with E-state index in [2.05, 4.69) is 41.8 Å². The van der Waals surface area contributed by atoms with Crippen molar-refractivity contribution in [1.29, 1.82) is 0 Å². The van der Waals surface area contributed by atoms with Gasteiger partial charge in [0.2, 0.25) is 11.8 Å². The minimum absolute atomic E-state index is 0.00137. The third-order valence-corrected chi connectivity index (χ3v) is 5.25. The van der Waals surface area contributed by atoms with Crippen LogP contribution in [0, 0.1) is 6.92 Å². The Bertz CT molecular complexity index is 1020. The molecule has 0 fully saturated rings. The molecule has 30 heavy (non-hydrogen) atoms. The lowest BCUT2D eigenvalue weighted by molar-refractivity contribution is -0.135. The highest BCUT2D eigenvalue weighted by molar-refractivity contribution is 5.95. The molecule has 0 unspecified atom stereocenters. The molecular weight excluding hydrogens is 374 g/mol. The van der Waals surface area contributed by atoms with Crippen LogP contribution in [0.15, 0.2) is 66.7 Å². The smallest absolute Gasteiger partial charge is 0.243 e. The van der Waals surface area contributed by atoms with Crippen LogP contribution in [0.5, 0.6) is 0 Å². The quantitative estimate of drug-likeness (QED) is 0.619. The Morgan fingerprint density at radius 3 is 2.33 bits per heavy atom. The fraction of sp³-hybridized carbons (Fsp3) is 0.280. The summed E-state index contributed by atoms with van der Waals surface area (Å²) in [5, 5.41) is 8.55. The molecule has 0 saturated heterocycles. The van der Waals surface area contributed by atoms with Crippen molar-refractivity contribution in [3.8, 4) is 0 Å². The molecule has 0 aliphatic rings. The number of nitrogens with one attached hydrogen (secondary N) is 2. The number of benzene rings is 3. The molecule has 0 spiro atoms. The second-order valence-corrected chi connectivity index (χ2v) is 7.79. The van der Waals surface area contributed by atoms with Crippen LogP contribution in [0.25, 0.3) is 10.8 Å². The third kappa shape index (κ3) is 5.24. The van der Waals surface area contributed by atoms with Gasteiger partial charge >= 0.3 is 0 Å². The van der Waals surface area contributed by atoms with E-state index in [0.717, 1.165) is 16.8 Å². The van der Waals surface area contributed by atoms with Crippen LogP contribution in [-0.4, -0.2) is 36.3 Å². The number of fused-ring (bicyclic) bond motifs is 1. The number of hydrogen-bond acceptors (Lipinski definition) is 3. The highest BCUT2D eigenvalue weighted by atomic mass is 16.2. The molecule has 156 valence electrons. The number of hydrogen-bond donors (Lipinski definition) is 2. The number of aryl methyl sites for hydroxylation is 1. The summed E-state index contributed by atoms with van der Waals surface area (Å²) in [6.07, 6.45) is 0. The van der Waals surface area contributed by atoms with Crippen molar-refractivity contribution in [2.24, 2.45) is 0 Å². The normalized spacial score (nSPS) is 12.9. The van der Waals surface area contributed by atoms with Crippen molar-refractivity contribution in [1.82, 2.24) is 10.2 Å². The highest BCUT2D eigenvalue weighted by Gasteiger charge is 2.22. The van der Waals surface area contributed by atoms with E-state index in [9.17, 15) is 9.59 Å². The van der Waals surface area contributed by atoms with Gasteiger partial charge in [0.15, 0.2) is 0 Å². The first-order chi connectivity index (χ1) is 14.3. The lowest BCUT2D eigenvalue weighted by atomic mass is 9.99. The summed E-state index contributed by atoms with van der Waals surface area (Å²) < 4.78 is 0. The topological polar surface area (TPSA) is 61.4 Å². The molecule has 0 aliphatic carbocycles. The molecule has 3 aromatic carbocycles. The van der Waals surface area contributed by atoms with Gasteiger partial charge in [-0.3, -0.25) is 14.9 Å². The van der Waals surface area contributed by atoms with Gasteiger partial charge in [0.05, 0.1) is 12.6 Å². The molecular formula is C25H29N3O2. The predicted molar refractivity (Wildman–Crippen MR) is 122 cm³/mol. The second-order valence-electron chi connectivity index (χ2n) is 7.79. The minimum Gasteiger partial charge on any atom is -0.335 e. The number of amides is 2. The van der Waals surface area contributed by atoms with Crippen LogP contribution in [-0.2, 0) is 9.59 Å². The van der Waals surface area contributed by atoms with Crippen LogP contribution in [0.3, 0.4) is 0 Å². The van der Waals surface area contributed by atoms with Gasteiger partial charge in [0.25, 0.3) is 0 Å². The van der Waals surface area contributed by atoms with Gasteiger partial charge in [0.1, 0.15) is 0 Å². The van der Waals surface area contributed by atoms with Crippen LogP contribution in [0.2, 0.25) is 0 Å². The van der Waals surface area contributed by atoms with Gasteiger partial charge in [-0.1, -0.05) is 60.2 Å². The van der Waals surface area contributed by atoms with Crippen LogP contribution in [0.4, 0.5) is 5.69 Å². The summed E-state index contributed by atoms with van der Waals surface area (Å²) >= 11 is 0. The lowest BCUT2D eigenvalue weighted by Gasteiger charge is -2.25. The zero-order valence-electron chi connectivity index (χ0n) is 18.0. The Balaban J connectivity index is 1.58. The largest absolute Gasteiger partial charge is 0.335 e. The Hall–Kier alpha value is -3.18. The summed E-state index contributed by atoms with van der Waals surface area (Å²) in [6.45, 7) is 5.88. The monoisotopic (exact) mass is 403 g/mol. The number of likely N-dealkylation sites (N-methyl/N-ethyl adjacent to an activating group) is 1. The van der Waals surface area contributed by atoms with E-state index in [4.69, 9.17) is 0 Å². The Kier molecular flexibility index (Phi) is 6.85. The zero-order chi connectivity index (χ0) is 21.7. The first-order valence-electron chi connectivity index (χ1n) is 10.2. The van der Waals surface area contributed by atoms with Crippen LogP contribution in [0.1, 0.15) is 31.0 Å². The van der Waals surface area contributed by atoms with Gasteiger partial charge in [0, 0.05) is 18.8 Å². The maximum atomic E-state index is 12.8. The van der Waals surface area contributed by atoms with Crippen molar-refractivity contribution >= 4 is 28.3 Å². The van der Waals surface area contributed by atoms with E-state index in [1.165, 1.54) is 15.7 Å². The molecule has 3 aromatic rings. The van der Waals surface area contributed by atoms with Crippen molar-refractivity contribution in [3.05, 3.63) is 77.9 Å². The highest BCUT2D eigenvalue weighted by Crippen LogP contribution is 2.24. The summed E-state index contributed by atoms with van der Waals surface area (Å²) in [6, 6.07) is 21.6. The van der Waals surface area contributed by atoms with E-state index in [1.807, 2.05) is 56.3 Å². The van der Waals surface area contributed by atoms with Gasteiger partial charge in [-0.25, -0.2) is 0 Å². The Morgan fingerprint density at radius 2 is 1.60 bits per heavy atom. The lowest BCUT2D eigenvalue weighted by Crippen LogP contribution is -2.46. The molecule has 0 bridgehead atoms. The van der Waals surface area contributed by atoms with Crippen molar-refractivity contribution in [2.45, 2.75) is 32.9 Å². The van der Waals surface area contributed by atoms with Crippen LogP contribution < -0.4 is 10.6 Å². The van der Waals surface area contributed by atoms with E-state index >= 15 is 0 Å². The summed E-state index contributed by atoms with van der Waals surface area (Å²) in [5.41, 5.74) is 3.00. The molecule has 2 N–H and O–H groups in total. The molecule has 5 heteroatoms. The standard InChI is InChI=1S/C25H29N3O2/c1-17-12-14-21(15-13-17)27-24(29)16-28(4)25(30)19(3)26-18(2)22-11-7-9-20-8-5-6-10-23(20)22/h5-15,18-19,26H,16H2,1-4H3,(H,27,29)/t18-,19-/m1/s1. The third-order valence-electron chi connectivity index (χ3n) is 5.25. The summed E-state index contributed by atoms with van der Waals surface area (Å²) in [7, 11) is 1.65. The number of carbonyl (C=O) groups excluding carboxylic acids is 2. The molecule has 5 nitrogen and oxygen atoms in total. The number of carbonyl (C=O) groups is 2. The summed E-state index contributed by atoms with van der Waals surface area (Å²) in [5.74, 6) is -0.342. The van der Waals surface area contributed by atoms with Crippen molar-refractivity contribution < 1.29 is 9.59 Å². The number of anilines is 1. The average molecular weight is 404 g/mol. The maximum Gasteiger partial charge on any atom is 0.243 e. The maximum absolute atomic E-state index is 12.8. The molecule has 2 atom stereocenters. The molecule has 0 heterocycles. The minimum atomic E-state index is -0.420. The molecule has 3 rings (SSSR count). The van der Waals surface area contributed by atoms with Crippen LogP contribution >= 0.6 is 0 Å². The molecule has 0 aromatic heterocycles. The predicted octanol–water partition coefficient (Wildman–Crippen LogP) is 4.28. The fourth-order valence-corrected chi connectivity index (χ4v) is 3.63. The van der Waals surface area contributed by atoms with E-state index in [0.29, 0.717) is 0 Å². The Morgan fingerprint density at radius 1 is 0.933 bits per heavy atom. The summed E-state index contributed by atoms with van der Waals surface area (Å²) in [4.78, 5) is 26.5. The van der Waals surface area contributed by atoms with Gasteiger partial charge in [-0.2, -0.15) is 0 Å². The van der Waals surface area contributed by atoms with Gasteiger partial charge < -0.3 is 10.2 Å². The van der Waals surface area contributed by atoms with Gasteiger partial charge in [-0.15, -0.1) is 0 Å². The zero-order valence-corrected chi connectivity index (χ0v) is 18.0. The van der Waals surface area contributed by atoms with Crippen molar-refractivity contribution in [3.63, 3.8) is 0 Å². The first-order valence-corrected chi connectivity index (χ1v) is 10.2. The van der Waals surface area contributed by atoms with Gasteiger partial charge in [-0.05, 0) is 49.2 Å². The molecule has 0 radical (unpaired) electrons. The number of nitrogens with zero attached hydrogens (tertiary/aromatic N) is 1. The first kappa shape index (κ1) is 21.5. The Labute approximate surface area is 178 Å². The van der Waals surface area contributed by atoms with E-state index in [1.54, 1.807) is 7.05 Å².